The highest BCUT2D eigenvalue weighted by Gasteiger charge is 2.28. The summed E-state index contributed by atoms with van der Waals surface area (Å²) in [5, 5.41) is 10.3. The molecule has 1 atom stereocenters. The summed E-state index contributed by atoms with van der Waals surface area (Å²) in [6.45, 7) is 5.39. The number of likely N-dealkylation sites (tertiary alicyclic amines) is 1. The van der Waals surface area contributed by atoms with E-state index in [1.165, 1.54) is 6.07 Å². The van der Waals surface area contributed by atoms with Gasteiger partial charge in [-0.05, 0) is 44.9 Å². The Morgan fingerprint density at radius 1 is 1.23 bits per heavy atom. The fraction of sp³-hybridized carbons (Fsp3) is 0.682. The van der Waals surface area contributed by atoms with Crippen LogP contribution in [-0.4, -0.2) is 47.5 Å². The third-order valence-corrected chi connectivity index (χ3v) is 4.79. The van der Waals surface area contributed by atoms with E-state index in [1.54, 1.807) is 17.0 Å². The number of nitrogens with zero attached hydrogens (tertiary/aromatic N) is 1. The Morgan fingerprint density at radius 2 is 1.90 bits per heavy atom. The number of carbonyl (C=O) groups excluding carboxylic acids is 1. The number of hydrogen-bond acceptors (Lipinski definition) is 5. The molecule has 0 aromatic heterocycles. The van der Waals surface area contributed by atoms with E-state index in [9.17, 15) is 18.7 Å². The number of piperidine rings is 1. The monoisotopic (exact) mass is 429 g/mol. The molecule has 0 aliphatic carbocycles. The summed E-state index contributed by atoms with van der Waals surface area (Å²) >= 11 is 0. The zero-order valence-electron chi connectivity index (χ0n) is 18.2. The Bertz CT molecular complexity index is 685. The van der Waals surface area contributed by atoms with Crippen molar-refractivity contribution in [2.24, 2.45) is 0 Å². The fourth-order valence-corrected chi connectivity index (χ4v) is 3.24. The molecular weight excluding hydrogens is 396 g/mol. The Kier molecular flexibility index (Phi) is 8.70. The molecule has 6 nitrogen and oxygen atoms in total. The molecule has 1 heterocycles. The molecule has 8 heteroatoms. The van der Waals surface area contributed by atoms with Gasteiger partial charge in [-0.3, -0.25) is 0 Å². The highest BCUT2D eigenvalue weighted by atomic mass is 19.3. The summed E-state index contributed by atoms with van der Waals surface area (Å²) in [5.41, 5.74) is 0.0385. The minimum absolute atomic E-state index is 0.0639. The summed E-state index contributed by atoms with van der Waals surface area (Å²) in [7, 11) is 0. The van der Waals surface area contributed by atoms with Crippen molar-refractivity contribution in [3.63, 3.8) is 0 Å². The number of aliphatic hydroxyl groups is 1. The number of benzene rings is 1. The van der Waals surface area contributed by atoms with Gasteiger partial charge >= 0.3 is 12.7 Å². The predicted molar refractivity (Wildman–Crippen MR) is 109 cm³/mol. The first kappa shape index (κ1) is 24.2. The van der Waals surface area contributed by atoms with Gasteiger partial charge in [-0.25, -0.2) is 4.79 Å². The van der Waals surface area contributed by atoms with Gasteiger partial charge in [-0.15, -0.1) is 0 Å². The summed E-state index contributed by atoms with van der Waals surface area (Å²) < 4.78 is 41.5. The lowest BCUT2D eigenvalue weighted by molar-refractivity contribution is -0.0527. The number of halogens is 2. The lowest BCUT2D eigenvalue weighted by Crippen LogP contribution is -2.44. The molecule has 0 bridgehead atoms. The maximum atomic E-state index is 12.8. The standard InChI is InChI=1S/C22H33F2NO5/c1-5-6-7-17(26)15-8-9-18(29-20(23)24)19(14-15)28-16-10-12-25(13-11-16)21(27)30-22(2,3)4/h8-9,14,16-17,20,26H,5-7,10-13H2,1-4H3. The molecule has 1 unspecified atom stereocenters. The van der Waals surface area contributed by atoms with Crippen molar-refractivity contribution in [3.05, 3.63) is 23.8 Å². The van der Waals surface area contributed by atoms with Gasteiger partial charge in [-0.2, -0.15) is 8.78 Å². The van der Waals surface area contributed by atoms with Crippen LogP contribution in [0.1, 0.15) is 71.5 Å². The quantitative estimate of drug-likeness (QED) is 0.608. The van der Waals surface area contributed by atoms with Crippen LogP contribution in [0.4, 0.5) is 13.6 Å². The molecule has 1 fully saturated rings. The summed E-state index contributed by atoms with van der Waals surface area (Å²) in [6.07, 6.45) is 2.14. The summed E-state index contributed by atoms with van der Waals surface area (Å²) in [5.74, 6) is 0.116. The van der Waals surface area contributed by atoms with Crippen molar-refractivity contribution < 1.29 is 32.9 Å². The van der Waals surface area contributed by atoms with Gasteiger partial charge in [0.25, 0.3) is 0 Å². The highest BCUT2D eigenvalue weighted by Crippen LogP contribution is 2.35. The van der Waals surface area contributed by atoms with Crippen LogP contribution in [0.15, 0.2) is 18.2 Å². The number of hydrogen-bond donors (Lipinski definition) is 1. The van der Waals surface area contributed by atoms with E-state index in [1.807, 2.05) is 27.7 Å². The average Bonchev–Trinajstić information content (AvgIpc) is 2.66. The van der Waals surface area contributed by atoms with Crippen LogP contribution < -0.4 is 9.47 Å². The van der Waals surface area contributed by atoms with Gasteiger partial charge in [0.15, 0.2) is 11.5 Å². The van der Waals surface area contributed by atoms with Gasteiger partial charge in [0, 0.05) is 25.9 Å². The topological polar surface area (TPSA) is 68.2 Å². The van der Waals surface area contributed by atoms with Crippen molar-refractivity contribution in [1.29, 1.82) is 0 Å². The molecule has 1 amide bonds. The number of carbonyl (C=O) groups is 1. The molecule has 1 aliphatic heterocycles. The zero-order chi connectivity index (χ0) is 22.3. The molecule has 0 saturated carbocycles. The molecule has 30 heavy (non-hydrogen) atoms. The van der Waals surface area contributed by atoms with E-state index in [2.05, 4.69) is 4.74 Å². The van der Waals surface area contributed by atoms with Gasteiger partial charge < -0.3 is 24.2 Å². The van der Waals surface area contributed by atoms with E-state index < -0.39 is 18.3 Å². The molecular formula is C22H33F2NO5. The van der Waals surface area contributed by atoms with Crippen LogP contribution in [0.25, 0.3) is 0 Å². The third kappa shape index (κ3) is 7.63. The van der Waals surface area contributed by atoms with E-state index in [0.29, 0.717) is 37.9 Å². The smallest absolute Gasteiger partial charge is 0.410 e. The number of alkyl halides is 2. The van der Waals surface area contributed by atoms with Crippen molar-refractivity contribution in [1.82, 2.24) is 4.90 Å². The summed E-state index contributed by atoms with van der Waals surface area (Å²) in [4.78, 5) is 13.8. The number of rotatable bonds is 8. The van der Waals surface area contributed by atoms with Crippen LogP contribution in [0.3, 0.4) is 0 Å². The van der Waals surface area contributed by atoms with Crippen LogP contribution in [0, 0.1) is 0 Å². The third-order valence-electron chi connectivity index (χ3n) is 4.79. The van der Waals surface area contributed by atoms with E-state index in [0.717, 1.165) is 12.8 Å². The Balaban J connectivity index is 2.04. The highest BCUT2D eigenvalue weighted by molar-refractivity contribution is 5.68. The van der Waals surface area contributed by atoms with Gasteiger partial charge in [0.2, 0.25) is 0 Å². The van der Waals surface area contributed by atoms with Crippen LogP contribution in [0.5, 0.6) is 11.5 Å². The molecule has 2 rings (SSSR count). The van der Waals surface area contributed by atoms with Gasteiger partial charge in [0.1, 0.15) is 11.7 Å². The number of ether oxygens (including phenoxy) is 3. The van der Waals surface area contributed by atoms with Gasteiger partial charge in [0.05, 0.1) is 6.10 Å². The molecule has 1 aliphatic rings. The van der Waals surface area contributed by atoms with E-state index in [-0.39, 0.29) is 23.7 Å². The lowest BCUT2D eigenvalue weighted by atomic mass is 10.0. The van der Waals surface area contributed by atoms with Crippen molar-refractivity contribution in [2.45, 2.75) is 84.2 Å². The minimum atomic E-state index is -2.97. The first-order chi connectivity index (χ1) is 14.1. The molecule has 170 valence electrons. The second-order valence-electron chi connectivity index (χ2n) is 8.53. The lowest BCUT2D eigenvalue weighted by Gasteiger charge is -2.33. The second kappa shape index (κ2) is 10.8. The maximum absolute atomic E-state index is 12.8. The Labute approximate surface area is 177 Å². The number of unbranched alkanes of at least 4 members (excludes halogenated alkanes) is 1. The zero-order valence-corrected chi connectivity index (χ0v) is 18.2. The average molecular weight is 430 g/mol. The maximum Gasteiger partial charge on any atom is 0.410 e. The molecule has 1 N–H and O–H groups in total. The number of amides is 1. The second-order valence-corrected chi connectivity index (χ2v) is 8.53. The van der Waals surface area contributed by atoms with Gasteiger partial charge in [-0.1, -0.05) is 25.8 Å². The van der Waals surface area contributed by atoms with Crippen molar-refractivity contribution in [2.75, 3.05) is 13.1 Å². The SMILES string of the molecule is CCCCC(O)c1ccc(OC(F)F)c(OC2CCN(C(=O)OC(C)(C)C)CC2)c1. The van der Waals surface area contributed by atoms with Crippen LogP contribution >= 0.6 is 0 Å². The number of aliphatic hydroxyl groups excluding tert-OH is 1. The predicted octanol–water partition coefficient (Wildman–Crippen LogP) is 5.29. The van der Waals surface area contributed by atoms with Crippen molar-refractivity contribution in [3.8, 4) is 11.5 Å². The molecule has 0 spiro atoms. The molecule has 1 aromatic carbocycles. The molecule has 1 aromatic rings. The Morgan fingerprint density at radius 3 is 2.47 bits per heavy atom. The van der Waals surface area contributed by atoms with E-state index >= 15 is 0 Å². The molecule has 0 radical (unpaired) electrons. The first-order valence-electron chi connectivity index (χ1n) is 10.5. The van der Waals surface area contributed by atoms with Crippen molar-refractivity contribution >= 4 is 6.09 Å². The largest absolute Gasteiger partial charge is 0.486 e. The van der Waals surface area contributed by atoms with Crippen LogP contribution in [-0.2, 0) is 4.74 Å². The Hall–Kier alpha value is -2.09. The van der Waals surface area contributed by atoms with Crippen LogP contribution in [0.2, 0.25) is 0 Å². The first-order valence-corrected chi connectivity index (χ1v) is 10.5. The minimum Gasteiger partial charge on any atom is -0.486 e. The fourth-order valence-electron chi connectivity index (χ4n) is 3.24. The van der Waals surface area contributed by atoms with E-state index in [4.69, 9.17) is 9.47 Å². The molecule has 1 saturated heterocycles. The summed E-state index contributed by atoms with van der Waals surface area (Å²) in [6, 6.07) is 4.55. The normalized spacial score (nSPS) is 16.5.